The monoisotopic (exact) mass is 1620 g/mol. The second-order valence-corrected chi connectivity index (χ2v) is 27.5. The number of anilines is 6. The Morgan fingerprint density at radius 2 is 0.766 bits per heavy atom. The minimum absolute atomic E-state index is 0. The Labute approximate surface area is 703 Å². The van der Waals surface area contributed by atoms with Crippen LogP contribution in [0.1, 0.15) is 141 Å². The molecule has 0 spiro atoms. The molecule has 3 aromatic heterocycles. The summed E-state index contributed by atoms with van der Waals surface area (Å²) in [5, 5.41) is 14.0. The topological polar surface area (TPSA) is 322 Å². The summed E-state index contributed by atoms with van der Waals surface area (Å²) in [6.07, 6.45) is 8.68. The molecule has 0 fully saturated rings. The van der Waals surface area contributed by atoms with E-state index in [1.165, 1.54) is 79.2 Å². The fraction of sp³-hybridized carbons (Fsp3) is 0.354. The van der Waals surface area contributed by atoms with E-state index < -0.39 is 16.6 Å². The maximum atomic E-state index is 14.1. The van der Waals surface area contributed by atoms with Gasteiger partial charge in [-0.15, -0.1) is 0 Å². The van der Waals surface area contributed by atoms with E-state index in [0.29, 0.717) is 104 Å². The van der Waals surface area contributed by atoms with Gasteiger partial charge in [0, 0.05) is 52.2 Å². The van der Waals surface area contributed by atoms with Gasteiger partial charge in [0.1, 0.15) is 107 Å². The summed E-state index contributed by atoms with van der Waals surface area (Å²) in [5.74, 6) is 1.76. The number of fused-ring (bicyclic) bond motifs is 3. The molecule has 3 aliphatic heterocycles. The van der Waals surface area contributed by atoms with Crippen molar-refractivity contribution in [3.63, 3.8) is 0 Å². The van der Waals surface area contributed by atoms with Gasteiger partial charge in [-0.1, -0.05) is 98.8 Å². The Hall–Kier alpha value is -8.89. The van der Waals surface area contributed by atoms with Gasteiger partial charge in [-0.05, 0) is 189 Å². The van der Waals surface area contributed by atoms with Gasteiger partial charge in [-0.2, -0.15) is 28.8 Å². The molecule has 0 saturated heterocycles. The van der Waals surface area contributed by atoms with Gasteiger partial charge in [-0.25, -0.2) is 41.3 Å². The van der Waals surface area contributed by atoms with Crippen molar-refractivity contribution in [1.29, 1.82) is 0 Å². The number of imidazole rings is 3. The molecule has 582 valence electrons. The van der Waals surface area contributed by atoms with Crippen molar-refractivity contribution in [3.8, 4) is 33.8 Å². The number of unbranched alkanes of at least 4 members (excludes halogenated alkanes) is 4. The van der Waals surface area contributed by atoms with Gasteiger partial charge < -0.3 is 55.7 Å². The molecule has 0 saturated carbocycles. The van der Waals surface area contributed by atoms with Crippen LogP contribution in [0.2, 0.25) is 0 Å². The number of carbonyl (C=O) groups is 3. The molecule has 0 radical (unpaired) electrons. The number of amides is 3. The molecule has 6 heterocycles. The molecular formula is C79H89BrF6KLiN12O11. The zero-order valence-corrected chi connectivity index (χ0v) is 69.3. The zero-order chi connectivity index (χ0) is 79.1. The zero-order valence-electron chi connectivity index (χ0n) is 64.6. The summed E-state index contributed by atoms with van der Waals surface area (Å²) < 4.78 is 88.7. The average molecular weight is 1620 g/mol. The van der Waals surface area contributed by atoms with Gasteiger partial charge in [-0.3, -0.25) is 14.4 Å². The van der Waals surface area contributed by atoms with Crippen molar-refractivity contribution < 1.29 is 151 Å². The first-order valence-electron chi connectivity index (χ1n) is 34.5. The minimum Gasteiger partial charge on any atom is -0.870 e. The first-order chi connectivity index (χ1) is 50.8. The number of halogens is 7. The number of aryl methyl sites for hydroxylation is 3. The molecule has 23 nitrogen and oxygen atoms in total. The summed E-state index contributed by atoms with van der Waals surface area (Å²) >= 11 is 3.35. The number of carbonyl (C=O) groups excluding carboxylic acids is 9. The number of benzene rings is 6. The fourth-order valence-corrected chi connectivity index (χ4v) is 12.9. The molecule has 0 bridgehead atoms. The smallest absolute Gasteiger partial charge is 0.870 e. The van der Waals surface area contributed by atoms with Crippen LogP contribution in [0.3, 0.4) is 0 Å². The summed E-state index contributed by atoms with van der Waals surface area (Å²) in [6, 6.07) is 32.8. The molecule has 3 aliphatic rings. The fourth-order valence-electron chi connectivity index (χ4n) is 12.5. The molecule has 0 atom stereocenters. The van der Waals surface area contributed by atoms with E-state index in [0.717, 1.165) is 37.3 Å². The van der Waals surface area contributed by atoms with Crippen LogP contribution in [-0.4, -0.2) is 104 Å². The molecule has 6 aromatic carbocycles. The summed E-state index contributed by atoms with van der Waals surface area (Å²) in [6.45, 7) is 24.8. The number of alkyl halides is 1. The second kappa shape index (κ2) is 45.6. The van der Waals surface area contributed by atoms with E-state index in [-0.39, 0.29) is 172 Å². The van der Waals surface area contributed by atoms with Crippen molar-refractivity contribution >= 4 is 86.6 Å². The second-order valence-electron chi connectivity index (χ2n) is 26.7. The predicted molar refractivity (Wildman–Crippen MR) is 399 cm³/mol. The predicted octanol–water partition coefficient (Wildman–Crippen LogP) is 10.2. The third kappa shape index (κ3) is 25.3. The number of nitrogens with zero attached hydrogens (tertiary/aromatic N) is 8. The Bertz CT molecular complexity index is 4700. The average Bonchev–Trinajstić information content (AvgIpc) is 1.60. The van der Waals surface area contributed by atoms with Crippen LogP contribution >= 0.6 is 15.9 Å². The van der Waals surface area contributed by atoms with E-state index in [2.05, 4.69) is 51.0 Å². The van der Waals surface area contributed by atoms with Gasteiger partial charge in [0.2, 0.25) is 17.7 Å². The molecule has 111 heavy (non-hydrogen) atoms. The maximum absolute atomic E-state index is 14.1. The van der Waals surface area contributed by atoms with Crippen molar-refractivity contribution in [2.24, 2.45) is 0 Å². The summed E-state index contributed by atoms with van der Waals surface area (Å²) in [7, 11) is 0. The van der Waals surface area contributed by atoms with Crippen LogP contribution in [0, 0.1) is 55.7 Å². The first kappa shape index (κ1) is 98.2. The number of nitrogens with one attached hydrogen (secondary N) is 4. The van der Waals surface area contributed by atoms with Crippen molar-refractivity contribution in [3.05, 3.63) is 196 Å². The van der Waals surface area contributed by atoms with Crippen LogP contribution in [0.4, 0.5) is 60.9 Å². The number of aromatic nitrogens is 6. The molecule has 0 unspecified atom stereocenters. The molecule has 0 aliphatic carbocycles. The van der Waals surface area contributed by atoms with Gasteiger partial charge in [0.05, 0.1) is 16.6 Å². The van der Waals surface area contributed by atoms with E-state index >= 15 is 0 Å². The van der Waals surface area contributed by atoms with Crippen molar-refractivity contribution in [2.75, 3.05) is 34.4 Å². The van der Waals surface area contributed by atoms with Crippen LogP contribution < -0.4 is 91.5 Å². The molecule has 32 heteroatoms. The molecule has 12 rings (SSSR count). The quantitative estimate of drug-likeness (QED) is 0.0268. The SMILES string of the molecule is CCCCCBr.CCCCCN1C(=O)Cn2c(nc(-c3cccc(F)c3)c2Nc2ccc(F)c(C)c2)C1(C)C.CCCN1C(=O)Cn2c(nc(-c3cccc(F)c3)c2Nc2ccc(F)c(C)c2)C1(C)C.Cc1cc(Nc2c(-c3cccc(F)c3)nc3n2CC(=O)NC3(C)C)ccc1F.O=C=O.O=C=O.O=C=O.[K+].[Li+].[OH-].[OH-]. The van der Waals surface area contributed by atoms with Crippen molar-refractivity contribution in [2.45, 2.75) is 164 Å². The normalized spacial score (nSPS) is 13.2. The Morgan fingerprint density at radius 1 is 0.450 bits per heavy atom. The van der Waals surface area contributed by atoms with E-state index in [1.807, 2.05) is 67.4 Å². The number of hydrogen-bond donors (Lipinski definition) is 4. The van der Waals surface area contributed by atoms with E-state index in [4.69, 9.17) is 43.7 Å². The van der Waals surface area contributed by atoms with Crippen LogP contribution in [0.15, 0.2) is 127 Å². The Balaban J connectivity index is 0.000000509. The van der Waals surface area contributed by atoms with E-state index in [1.54, 1.807) is 98.1 Å². The third-order valence-electron chi connectivity index (χ3n) is 17.6. The van der Waals surface area contributed by atoms with E-state index in [9.17, 15) is 40.7 Å². The van der Waals surface area contributed by atoms with Gasteiger partial charge in [0.15, 0.2) is 0 Å². The molecular weight excluding hydrogens is 1530 g/mol. The van der Waals surface area contributed by atoms with Gasteiger partial charge in [0.25, 0.3) is 0 Å². The summed E-state index contributed by atoms with van der Waals surface area (Å²) in [4.78, 5) is 105. The molecule has 3 amide bonds. The Kier molecular flexibility index (Phi) is 40.3. The number of hydrogen-bond acceptors (Lipinski definition) is 17. The van der Waals surface area contributed by atoms with Crippen LogP contribution in [0.5, 0.6) is 0 Å². The van der Waals surface area contributed by atoms with Crippen LogP contribution in [-0.2, 0) is 79.4 Å². The summed E-state index contributed by atoms with van der Waals surface area (Å²) in [5.41, 5.74) is 4.98. The van der Waals surface area contributed by atoms with Crippen LogP contribution in [0.25, 0.3) is 33.8 Å². The maximum Gasteiger partial charge on any atom is 1.00 e. The van der Waals surface area contributed by atoms with Crippen molar-refractivity contribution in [1.82, 2.24) is 43.8 Å². The molecule has 6 N–H and O–H groups in total. The third-order valence-corrected chi connectivity index (χ3v) is 18.1. The Morgan fingerprint density at radius 3 is 1.06 bits per heavy atom. The minimum atomic E-state index is -0.684. The number of rotatable bonds is 18. The largest absolute Gasteiger partial charge is 1.00 e. The standard InChI is InChI=1S/C26H30F2N4O.C24H26F2N4O.C21H20F2N4O.C5H11Br.3CO2.K.Li.2H2O/c1-5-6-7-13-32-22(33)16-31-24(29-20-11-12-21(28)17(2)14-20)23(30-25(31)26(32,3)4)18-9-8-10-19(27)15-18;1-5-11-30-20(31)14-29-22(27-18-9-10-19(26)15(2)12-18)21(28-23(29)24(30,3)4)16-7-6-8-17(25)13-16;1-12-9-15(7-8-16(12)23)24-19-18(13-5-4-6-14(22)10-13)25-20-21(2,3)26-17(28)11-27(19)20;1-2-3-4-5-6;3*2-1-3;;;;/h8-12,14-15,29H,5-7,13,16H2,1-4H3;6-10,12-13,27H,5,11,14H2,1-4H3;4-10,24H,11H2,1-3H3,(H,26,28);2-5H2,1H3;;;;;;2*1H2/q;;;;;;;2*+1;;/p-2. The van der Waals surface area contributed by atoms with Gasteiger partial charge >= 0.3 is 88.7 Å². The first-order valence-corrected chi connectivity index (χ1v) is 35.6. The molecule has 9 aromatic rings.